The Balaban J connectivity index is 1.90. The molecule has 0 aliphatic heterocycles. The molecule has 0 atom stereocenters. The Morgan fingerprint density at radius 1 is 1.35 bits per heavy atom. The normalized spacial score (nSPS) is 18.3. The average molecular weight is 292 g/mol. The van der Waals surface area contributed by atoms with Crippen molar-refractivity contribution >= 4 is 27.8 Å². The van der Waals surface area contributed by atoms with Gasteiger partial charge >= 0.3 is 0 Å². The molecular formula is C16H24N2OS. The van der Waals surface area contributed by atoms with Gasteiger partial charge in [-0.1, -0.05) is 13.3 Å². The van der Waals surface area contributed by atoms with Crippen molar-refractivity contribution in [2.24, 2.45) is 5.92 Å². The Hall–Kier alpha value is -1.03. The molecule has 2 aliphatic carbocycles. The minimum atomic E-state index is 0.261. The highest BCUT2D eigenvalue weighted by molar-refractivity contribution is 7.19. The maximum atomic E-state index is 12.4. The number of nitrogens with two attached hydrogens (primary N) is 1. The van der Waals surface area contributed by atoms with Crippen molar-refractivity contribution in [2.75, 3.05) is 24.2 Å². The number of unbranched alkanes of at least 4 members (excludes halogenated alkanes) is 1. The van der Waals surface area contributed by atoms with E-state index < -0.39 is 0 Å². The minimum absolute atomic E-state index is 0.261. The topological polar surface area (TPSA) is 46.3 Å². The second kappa shape index (κ2) is 5.40. The van der Waals surface area contributed by atoms with Gasteiger partial charge in [-0.15, -0.1) is 11.3 Å². The van der Waals surface area contributed by atoms with E-state index in [0.29, 0.717) is 11.7 Å². The highest BCUT2D eigenvalue weighted by Gasteiger charge is 2.37. The van der Waals surface area contributed by atoms with Crippen LogP contribution in [0.25, 0.3) is 0 Å². The molecular weight excluding hydrogens is 268 g/mol. The van der Waals surface area contributed by atoms with Crippen LogP contribution in [-0.4, -0.2) is 19.4 Å². The Morgan fingerprint density at radius 3 is 2.60 bits per heavy atom. The Morgan fingerprint density at radius 2 is 2.05 bits per heavy atom. The number of thiophene rings is 1. The van der Waals surface area contributed by atoms with Gasteiger partial charge in [-0.05, 0) is 38.0 Å². The van der Waals surface area contributed by atoms with Crippen LogP contribution in [-0.2, 0) is 0 Å². The van der Waals surface area contributed by atoms with Crippen molar-refractivity contribution in [1.29, 1.82) is 0 Å². The molecule has 0 unspecified atom stereocenters. The number of ketones is 1. The van der Waals surface area contributed by atoms with Crippen molar-refractivity contribution in [3.63, 3.8) is 0 Å². The van der Waals surface area contributed by atoms with Gasteiger partial charge < -0.3 is 10.6 Å². The van der Waals surface area contributed by atoms with Crippen LogP contribution in [0.3, 0.4) is 0 Å². The first-order chi connectivity index (χ1) is 9.63. The maximum Gasteiger partial charge on any atom is 0.178 e. The van der Waals surface area contributed by atoms with E-state index in [4.69, 9.17) is 5.73 Å². The van der Waals surface area contributed by atoms with Crippen molar-refractivity contribution in [3.05, 3.63) is 10.4 Å². The second-order valence-corrected chi connectivity index (χ2v) is 7.25. The molecule has 20 heavy (non-hydrogen) atoms. The zero-order valence-electron chi connectivity index (χ0n) is 12.4. The van der Waals surface area contributed by atoms with Crippen LogP contribution in [0.5, 0.6) is 0 Å². The fraction of sp³-hybridized carbons (Fsp3) is 0.688. The molecule has 1 aromatic rings. The first-order valence-corrected chi connectivity index (χ1v) is 8.62. The lowest BCUT2D eigenvalue weighted by Gasteiger charge is -2.19. The Bertz CT molecular complexity index is 515. The molecule has 0 aromatic carbocycles. The molecule has 2 fully saturated rings. The lowest BCUT2D eigenvalue weighted by molar-refractivity contribution is 0.0972. The second-order valence-electron chi connectivity index (χ2n) is 6.25. The molecule has 110 valence electrons. The summed E-state index contributed by atoms with van der Waals surface area (Å²) in [6.45, 7) is 3.26. The quantitative estimate of drug-likeness (QED) is 0.772. The van der Waals surface area contributed by atoms with E-state index in [9.17, 15) is 4.79 Å². The lowest BCUT2D eigenvalue weighted by atomic mass is 10.1. The number of nitrogen functional groups attached to an aromatic ring is 1. The predicted octanol–water partition coefficient (Wildman–Crippen LogP) is 4.04. The molecule has 3 nitrogen and oxygen atoms in total. The monoisotopic (exact) mass is 292 g/mol. The summed E-state index contributed by atoms with van der Waals surface area (Å²) in [5.74, 6) is 1.16. The van der Waals surface area contributed by atoms with Crippen LogP contribution in [0.1, 0.15) is 66.6 Å². The van der Waals surface area contributed by atoms with E-state index in [1.54, 1.807) is 11.3 Å². The summed E-state index contributed by atoms with van der Waals surface area (Å²) in [6, 6.07) is 0. The fourth-order valence-electron chi connectivity index (χ4n) is 2.71. The summed E-state index contributed by atoms with van der Waals surface area (Å²) in [5, 5.41) is 1.25. The summed E-state index contributed by atoms with van der Waals surface area (Å²) < 4.78 is 0. The van der Waals surface area contributed by atoms with Gasteiger partial charge in [0.05, 0.1) is 15.6 Å². The highest BCUT2D eigenvalue weighted by Crippen LogP contribution is 2.53. The van der Waals surface area contributed by atoms with Crippen molar-refractivity contribution < 1.29 is 4.79 Å². The summed E-state index contributed by atoms with van der Waals surface area (Å²) in [6.07, 6.45) is 6.94. The van der Waals surface area contributed by atoms with Crippen LogP contribution < -0.4 is 10.6 Å². The minimum Gasteiger partial charge on any atom is -0.397 e. The molecule has 2 saturated carbocycles. The van der Waals surface area contributed by atoms with Gasteiger partial charge in [0.15, 0.2) is 5.78 Å². The summed E-state index contributed by atoms with van der Waals surface area (Å²) in [5.41, 5.74) is 8.42. The van der Waals surface area contributed by atoms with E-state index in [2.05, 4.69) is 18.9 Å². The molecule has 0 radical (unpaired) electrons. The number of carbonyl (C=O) groups is 1. The van der Waals surface area contributed by atoms with E-state index in [1.165, 1.54) is 36.2 Å². The molecule has 0 spiro atoms. The van der Waals surface area contributed by atoms with E-state index in [1.807, 2.05) is 0 Å². The highest BCUT2D eigenvalue weighted by atomic mass is 32.1. The number of carbonyl (C=O) groups excluding carboxylic acids is 1. The van der Waals surface area contributed by atoms with Crippen LogP contribution in [0.4, 0.5) is 10.7 Å². The van der Waals surface area contributed by atoms with E-state index in [-0.39, 0.29) is 5.92 Å². The maximum absolute atomic E-state index is 12.4. The smallest absolute Gasteiger partial charge is 0.178 e. The van der Waals surface area contributed by atoms with E-state index >= 15 is 0 Å². The first-order valence-electron chi connectivity index (χ1n) is 7.81. The average Bonchev–Trinajstić information content (AvgIpc) is 3.32. The van der Waals surface area contributed by atoms with Gasteiger partial charge in [-0.3, -0.25) is 4.79 Å². The molecule has 3 rings (SSSR count). The summed E-state index contributed by atoms with van der Waals surface area (Å²) in [4.78, 5) is 15.5. The molecule has 4 heteroatoms. The molecule has 0 saturated heterocycles. The van der Waals surface area contributed by atoms with Crippen LogP contribution in [0.2, 0.25) is 0 Å². The third-order valence-electron chi connectivity index (χ3n) is 4.32. The van der Waals surface area contributed by atoms with Gasteiger partial charge in [0.2, 0.25) is 0 Å². The van der Waals surface area contributed by atoms with Gasteiger partial charge in [0, 0.05) is 25.1 Å². The zero-order valence-corrected chi connectivity index (χ0v) is 13.3. The fourth-order valence-corrected chi connectivity index (χ4v) is 4.02. The van der Waals surface area contributed by atoms with Crippen LogP contribution >= 0.6 is 11.3 Å². The molecule has 0 amide bonds. The Kier molecular flexibility index (Phi) is 3.76. The number of nitrogens with zero attached hydrogens (tertiary/aromatic N) is 1. The van der Waals surface area contributed by atoms with Gasteiger partial charge in [0.1, 0.15) is 0 Å². The Labute approximate surface area is 125 Å². The molecule has 0 bridgehead atoms. The largest absolute Gasteiger partial charge is 0.397 e. The third kappa shape index (κ3) is 2.58. The number of hydrogen-bond acceptors (Lipinski definition) is 4. The molecule has 1 aromatic heterocycles. The van der Waals surface area contributed by atoms with E-state index in [0.717, 1.165) is 30.0 Å². The standard InChI is InChI=1S/C16H24N2OS/c1-3-4-9-18(2)16-12(10-5-6-10)13(17)15(20-16)14(19)11-7-8-11/h10-11H,3-9,17H2,1-2H3. The van der Waals surface area contributed by atoms with Crippen molar-refractivity contribution in [1.82, 2.24) is 0 Å². The summed E-state index contributed by atoms with van der Waals surface area (Å²) >= 11 is 1.64. The van der Waals surface area contributed by atoms with Crippen LogP contribution in [0.15, 0.2) is 0 Å². The molecule has 2 aliphatic rings. The first kappa shape index (κ1) is 13.9. The predicted molar refractivity (Wildman–Crippen MR) is 85.9 cm³/mol. The van der Waals surface area contributed by atoms with Gasteiger partial charge in [-0.2, -0.15) is 0 Å². The van der Waals surface area contributed by atoms with Gasteiger partial charge in [0.25, 0.3) is 0 Å². The van der Waals surface area contributed by atoms with Crippen LogP contribution in [0, 0.1) is 5.92 Å². The number of Topliss-reactive ketones (excluding diaryl/α,β-unsaturated/α-hetero) is 1. The van der Waals surface area contributed by atoms with Gasteiger partial charge in [-0.25, -0.2) is 0 Å². The van der Waals surface area contributed by atoms with Crippen molar-refractivity contribution in [3.8, 4) is 0 Å². The van der Waals surface area contributed by atoms with Crippen molar-refractivity contribution in [2.45, 2.75) is 51.4 Å². The third-order valence-corrected chi connectivity index (χ3v) is 5.67. The molecule has 1 heterocycles. The molecule has 2 N–H and O–H groups in total. The summed E-state index contributed by atoms with van der Waals surface area (Å²) in [7, 11) is 2.14. The SMILES string of the molecule is CCCCN(C)c1sc(C(=O)C2CC2)c(N)c1C1CC1. The zero-order chi connectivity index (χ0) is 14.3. The number of rotatable bonds is 7. The lowest BCUT2D eigenvalue weighted by Crippen LogP contribution is -2.18. The number of hydrogen-bond donors (Lipinski definition) is 1. The number of anilines is 2.